The number of non-ortho nitro benzene ring substituents is 1. The maximum atomic E-state index is 12.8. The Morgan fingerprint density at radius 2 is 1.91 bits per heavy atom. The number of hydrogen-bond acceptors (Lipinski definition) is 7. The van der Waals surface area contributed by atoms with E-state index in [2.05, 4.69) is 19.9 Å². The fourth-order valence-electron chi connectivity index (χ4n) is 3.99. The number of fused-ring (bicyclic) bond motifs is 1. The van der Waals surface area contributed by atoms with Crippen LogP contribution in [0.2, 0.25) is 0 Å². The van der Waals surface area contributed by atoms with Gasteiger partial charge in [0.25, 0.3) is 11.2 Å². The molecule has 4 aromatic rings. The highest BCUT2D eigenvalue weighted by atomic mass is 16.6. The second kappa shape index (κ2) is 8.71. The van der Waals surface area contributed by atoms with Crippen molar-refractivity contribution in [1.82, 2.24) is 24.8 Å². The Morgan fingerprint density at radius 3 is 2.73 bits per heavy atom. The molecule has 9 nitrogen and oxygen atoms in total. The molecule has 1 N–H and O–H groups in total. The van der Waals surface area contributed by atoms with Crippen LogP contribution in [-0.4, -0.2) is 36.3 Å². The number of rotatable bonds is 5. The third-order valence-electron chi connectivity index (χ3n) is 5.63. The molecule has 1 aromatic carbocycles. The van der Waals surface area contributed by atoms with Crippen LogP contribution in [0.5, 0.6) is 0 Å². The molecule has 4 heterocycles. The van der Waals surface area contributed by atoms with Gasteiger partial charge in [-0.2, -0.15) is 0 Å². The van der Waals surface area contributed by atoms with Gasteiger partial charge in [0.05, 0.1) is 27.6 Å². The van der Waals surface area contributed by atoms with Crippen molar-refractivity contribution >= 4 is 5.69 Å². The minimum atomic E-state index is -0.413. The van der Waals surface area contributed by atoms with E-state index in [1.54, 1.807) is 24.5 Å². The first-order chi connectivity index (χ1) is 16.1. The van der Waals surface area contributed by atoms with Crippen molar-refractivity contribution in [2.45, 2.75) is 19.5 Å². The van der Waals surface area contributed by atoms with E-state index in [1.165, 1.54) is 12.1 Å². The first-order valence-corrected chi connectivity index (χ1v) is 10.5. The van der Waals surface area contributed by atoms with Crippen molar-refractivity contribution in [2.24, 2.45) is 0 Å². The van der Waals surface area contributed by atoms with Crippen LogP contribution >= 0.6 is 0 Å². The van der Waals surface area contributed by atoms with Crippen molar-refractivity contribution < 1.29 is 4.92 Å². The molecular formula is C24H20N6O3. The number of pyridine rings is 2. The summed E-state index contributed by atoms with van der Waals surface area (Å²) in [5, 5.41) is 11.1. The van der Waals surface area contributed by atoms with E-state index in [4.69, 9.17) is 4.98 Å². The smallest absolute Gasteiger partial charge is 0.270 e. The number of aromatic nitrogens is 4. The Morgan fingerprint density at radius 1 is 1.06 bits per heavy atom. The predicted molar refractivity (Wildman–Crippen MR) is 122 cm³/mol. The number of benzene rings is 1. The van der Waals surface area contributed by atoms with Crippen LogP contribution in [0.15, 0.2) is 71.8 Å². The highest BCUT2D eigenvalue weighted by molar-refractivity contribution is 5.62. The van der Waals surface area contributed by atoms with Crippen molar-refractivity contribution in [3.05, 3.63) is 104 Å². The van der Waals surface area contributed by atoms with Crippen LogP contribution in [0, 0.1) is 10.1 Å². The van der Waals surface area contributed by atoms with Crippen LogP contribution in [0.4, 0.5) is 5.69 Å². The van der Waals surface area contributed by atoms with Gasteiger partial charge in [0, 0.05) is 61.7 Å². The molecule has 164 valence electrons. The lowest BCUT2D eigenvalue weighted by Crippen LogP contribution is -2.35. The number of hydrogen-bond donors (Lipinski definition) is 1. The molecule has 0 saturated carbocycles. The number of nitrogens with one attached hydrogen (secondary N) is 1. The molecule has 0 fully saturated rings. The summed E-state index contributed by atoms with van der Waals surface area (Å²) < 4.78 is 0. The average molecular weight is 440 g/mol. The first kappa shape index (κ1) is 20.7. The summed E-state index contributed by atoms with van der Waals surface area (Å²) in [4.78, 5) is 41.9. The molecule has 1 aliphatic rings. The summed E-state index contributed by atoms with van der Waals surface area (Å²) in [5.41, 5.74) is 4.36. The fraction of sp³-hybridized carbons (Fsp3) is 0.167. The second-order valence-electron chi connectivity index (χ2n) is 7.86. The number of nitro groups is 1. The molecule has 5 rings (SSSR count). The number of nitro benzene ring substituents is 1. The van der Waals surface area contributed by atoms with Gasteiger partial charge in [-0.15, -0.1) is 0 Å². The zero-order valence-electron chi connectivity index (χ0n) is 17.6. The van der Waals surface area contributed by atoms with Crippen LogP contribution < -0.4 is 5.56 Å². The van der Waals surface area contributed by atoms with E-state index >= 15 is 0 Å². The number of aromatic amines is 1. The van der Waals surface area contributed by atoms with E-state index in [-0.39, 0.29) is 11.2 Å². The molecule has 0 saturated heterocycles. The second-order valence-corrected chi connectivity index (χ2v) is 7.86. The quantitative estimate of drug-likeness (QED) is 0.373. The van der Waals surface area contributed by atoms with Crippen molar-refractivity contribution in [1.29, 1.82) is 0 Å². The maximum absolute atomic E-state index is 12.8. The van der Waals surface area contributed by atoms with E-state index in [1.807, 2.05) is 30.3 Å². The van der Waals surface area contributed by atoms with Gasteiger partial charge in [-0.05, 0) is 24.3 Å². The Hall–Kier alpha value is -4.24. The molecule has 1 aliphatic heterocycles. The van der Waals surface area contributed by atoms with Crippen molar-refractivity contribution in [3.63, 3.8) is 0 Å². The zero-order chi connectivity index (χ0) is 22.8. The molecule has 0 spiro atoms. The van der Waals surface area contributed by atoms with Gasteiger partial charge < -0.3 is 4.98 Å². The maximum Gasteiger partial charge on any atom is 0.270 e. The van der Waals surface area contributed by atoms with Crippen LogP contribution in [0.1, 0.15) is 17.0 Å². The highest BCUT2D eigenvalue weighted by Crippen LogP contribution is 2.24. The van der Waals surface area contributed by atoms with E-state index in [0.717, 1.165) is 23.5 Å². The number of nitrogens with zero attached hydrogens (tertiary/aromatic N) is 5. The largest absolute Gasteiger partial charge is 0.306 e. The lowest BCUT2D eigenvalue weighted by Gasteiger charge is -2.27. The normalized spacial score (nSPS) is 13.5. The van der Waals surface area contributed by atoms with Gasteiger partial charge in [-0.25, -0.2) is 4.98 Å². The summed E-state index contributed by atoms with van der Waals surface area (Å²) in [7, 11) is 0. The summed E-state index contributed by atoms with van der Waals surface area (Å²) in [6.07, 6.45) is 4.02. The Kier molecular flexibility index (Phi) is 5.45. The standard InChI is InChI=1S/C24H20N6O3/c31-24-20-15-29(11-9-22(20)27-23(28-24)17-5-3-10-25-13-17)14-18-6-2-8-21(26-18)16-4-1-7-19(12-16)30(32)33/h1-8,10,12-13H,9,11,14-15H2,(H,27,28,31). The van der Waals surface area contributed by atoms with E-state index < -0.39 is 4.92 Å². The van der Waals surface area contributed by atoms with Crippen LogP contribution in [0.25, 0.3) is 22.6 Å². The van der Waals surface area contributed by atoms with Gasteiger partial charge in [0.2, 0.25) is 0 Å². The molecule has 0 bridgehead atoms. The zero-order valence-corrected chi connectivity index (χ0v) is 17.6. The lowest BCUT2D eigenvalue weighted by molar-refractivity contribution is -0.384. The van der Waals surface area contributed by atoms with E-state index in [0.29, 0.717) is 42.2 Å². The van der Waals surface area contributed by atoms with Gasteiger partial charge in [0.1, 0.15) is 5.82 Å². The average Bonchev–Trinajstić information content (AvgIpc) is 2.85. The minimum Gasteiger partial charge on any atom is -0.306 e. The molecule has 9 heteroatoms. The minimum absolute atomic E-state index is 0.0321. The number of H-pyrrole nitrogens is 1. The Balaban J connectivity index is 1.35. The van der Waals surface area contributed by atoms with Gasteiger partial charge in [-0.3, -0.25) is 29.8 Å². The fourth-order valence-corrected chi connectivity index (χ4v) is 3.99. The monoisotopic (exact) mass is 440 g/mol. The van der Waals surface area contributed by atoms with Gasteiger partial charge in [-0.1, -0.05) is 18.2 Å². The Labute approximate surface area is 189 Å². The first-order valence-electron chi connectivity index (χ1n) is 10.5. The lowest BCUT2D eigenvalue weighted by atomic mass is 10.1. The van der Waals surface area contributed by atoms with Crippen molar-refractivity contribution in [3.8, 4) is 22.6 Å². The molecule has 0 aliphatic carbocycles. The van der Waals surface area contributed by atoms with Gasteiger partial charge >= 0.3 is 0 Å². The summed E-state index contributed by atoms with van der Waals surface area (Å²) >= 11 is 0. The van der Waals surface area contributed by atoms with Crippen LogP contribution in [0.3, 0.4) is 0 Å². The highest BCUT2D eigenvalue weighted by Gasteiger charge is 2.22. The predicted octanol–water partition coefficient (Wildman–Crippen LogP) is 3.36. The van der Waals surface area contributed by atoms with Crippen molar-refractivity contribution in [2.75, 3.05) is 6.54 Å². The van der Waals surface area contributed by atoms with E-state index in [9.17, 15) is 14.9 Å². The molecule has 0 amide bonds. The van der Waals surface area contributed by atoms with Crippen LogP contribution in [-0.2, 0) is 19.5 Å². The van der Waals surface area contributed by atoms with Gasteiger partial charge in [0.15, 0.2) is 0 Å². The molecule has 33 heavy (non-hydrogen) atoms. The Bertz CT molecular complexity index is 1390. The SMILES string of the molecule is O=c1[nH]c(-c2cccnc2)nc2c1CN(Cc1cccc(-c3cccc([N+](=O)[O-])c3)n1)CC2. The third kappa shape index (κ3) is 4.39. The molecular weight excluding hydrogens is 420 g/mol. The molecule has 0 unspecified atom stereocenters. The molecule has 0 radical (unpaired) electrons. The molecule has 3 aromatic heterocycles. The summed E-state index contributed by atoms with van der Waals surface area (Å²) in [6.45, 7) is 1.79. The summed E-state index contributed by atoms with van der Waals surface area (Å²) in [5.74, 6) is 0.534. The third-order valence-corrected chi connectivity index (χ3v) is 5.63. The molecule has 0 atom stereocenters. The summed E-state index contributed by atoms with van der Waals surface area (Å²) in [6, 6.07) is 15.8. The topological polar surface area (TPSA) is 118 Å².